The molecule has 1 atom stereocenters. The minimum atomic E-state index is -3.07. The smallest absolute Gasteiger partial charge is 0.173 e. The van der Waals surface area contributed by atoms with Crippen molar-refractivity contribution in [1.29, 1.82) is 0 Å². The molecular formula is C13H18N2O3S. The molecule has 2 rings (SSSR count). The molecule has 1 unspecified atom stereocenters. The molecule has 1 aliphatic heterocycles. The van der Waals surface area contributed by atoms with Gasteiger partial charge in [-0.05, 0) is 18.6 Å². The van der Waals surface area contributed by atoms with Gasteiger partial charge >= 0.3 is 0 Å². The van der Waals surface area contributed by atoms with Crippen LogP contribution < -0.4 is 15.8 Å². The number of rotatable bonds is 5. The first kappa shape index (κ1) is 13.7. The van der Waals surface area contributed by atoms with Crippen molar-refractivity contribution in [3.8, 4) is 5.75 Å². The van der Waals surface area contributed by atoms with E-state index in [2.05, 4.69) is 5.32 Å². The van der Waals surface area contributed by atoms with Gasteiger partial charge in [-0.1, -0.05) is 19.1 Å². The maximum atomic E-state index is 11.3. The van der Waals surface area contributed by atoms with Gasteiger partial charge in [-0.2, -0.15) is 0 Å². The second kappa shape index (κ2) is 5.52. The molecule has 0 fully saturated rings. The lowest BCUT2D eigenvalue weighted by Gasteiger charge is -2.16. The summed E-state index contributed by atoms with van der Waals surface area (Å²) < 4.78 is 28.2. The van der Waals surface area contributed by atoms with Crippen molar-refractivity contribution in [2.24, 2.45) is 0 Å². The molecule has 5 nitrogen and oxygen atoms in total. The number of nitrogens with two attached hydrogens (primary N) is 1. The molecule has 0 saturated carbocycles. The van der Waals surface area contributed by atoms with Crippen molar-refractivity contribution < 1.29 is 13.2 Å². The molecule has 1 aliphatic rings. The predicted octanol–water partition coefficient (Wildman–Crippen LogP) is 1.78. The predicted molar refractivity (Wildman–Crippen MR) is 77.0 cm³/mol. The van der Waals surface area contributed by atoms with Gasteiger partial charge in [0.05, 0.1) is 29.8 Å². The molecule has 1 heterocycles. The Balaban J connectivity index is 2.11. The molecule has 19 heavy (non-hydrogen) atoms. The highest BCUT2D eigenvalue weighted by Crippen LogP contribution is 2.30. The van der Waals surface area contributed by atoms with Crippen LogP contribution in [0.2, 0.25) is 0 Å². The minimum Gasteiger partial charge on any atom is -0.491 e. The molecule has 0 saturated heterocycles. The number of anilines is 2. The minimum absolute atomic E-state index is 0.0620. The lowest BCUT2D eigenvalue weighted by molar-refractivity contribution is 0.319. The Kier molecular flexibility index (Phi) is 3.99. The van der Waals surface area contributed by atoms with Gasteiger partial charge in [-0.15, -0.1) is 0 Å². The number of ether oxygens (including phenoxy) is 1. The Labute approximate surface area is 113 Å². The first-order chi connectivity index (χ1) is 9.02. The summed E-state index contributed by atoms with van der Waals surface area (Å²) in [5, 5.41) is 4.35. The molecule has 0 aromatic heterocycles. The van der Waals surface area contributed by atoms with Gasteiger partial charge in [-0.25, -0.2) is 8.42 Å². The highest BCUT2D eigenvalue weighted by Gasteiger charge is 2.22. The molecule has 0 aliphatic carbocycles. The van der Waals surface area contributed by atoms with E-state index < -0.39 is 9.84 Å². The highest BCUT2D eigenvalue weighted by molar-refractivity contribution is 7.94. The van der Waals surface area contributed by atoms with E-state index in [1.807, 2.05) is 19.1 Å². The first-order valence-corrected chi connectivity index (χ1v) is 7.92. The number of sulfone groups is 1. The molecule has 0 amide bonds. The van der Waals surface area contributed by atoms with Gasteiger partial charge in [-0.3, -0.25) is 0 Å². The highest BCUT2D eigenvalue weighted by atomic mass is 32.2. The summed E-state index contributed by atoms with van der Waals surface area (Å²) in [6, 6.07) is 5.20. The Morgan fingerprint density at radius 1 is 1.47 bits per heavy atom. The van der Waals surface area contributed by atoms with Crippen molar-refractivity contribution >= 4 is 21.2 Å². The molecule has 0 bridgehead atoms. The zero-order valence-corrected chi connectivity index (χ0v) is 11.6. The third kappa shape index (κ3) is 3.41. The quantitative estimate of drug-likeness (QED) is 0.805. The number of hydrogen-bond donors (Lipinski definition) is 2. The summed E-state index contributed by atoms with van der Waals surface area (Å²) in [7, 11) is -3.07. The van der Waals surface area contributed by atoms with E-state index in [0.29, 0.717) is 23.7 Å². The van der Waals surface area contributed by atoms with Crippen LogP contribution in [-0.2, 0) is 9.84 Å². The van der Waals surface area contributed by atoms with E-state index in [9.17, 15) is 8.42 Å². The Hall–Kier alpha value is -1.69. The topological polar surface area (TPSA) is 81.4 Å². The molecule has 0 radical (unpaired) electrons. The average molecular weight is 282 g/mol. The standard InChI is InChI=1S/C13H18N2O3S/c1-2-7-18-12-5-3-4-11(13(12)14)15-10-6-8-19(16,17)9-10/h3-6,8,10,15H,2,7,9,14H2,1H3. The second-order valence-corrected chi connectivity index (χ2v) is 6.41. The zero-order chi connectivity index (χ0) is 13.9. The van der Waals surface area contributed by atoms with Crippen LogP contribution in [0.5, 0.6) is 5.75 Å². The second-order valence-electron chi connectivity index (χ2n) is 4.47. The van der Waals surface area contributed by atoms with Crippen LogP contribution in [-0.4, -0.2) is 26.8 Å². The lowest BCUT2D eigenvalue weighted by atomic mass is 10.2. The number of nitrogens with one attached hydrogen (secondary N) is 1. The molecule has 0 spiro atoms. The maximum Gasteiger partial charge on any atom is 0.173 e. The van der Waals surface area contributed by atoms with Crippen molar-refractivity contribution in [3.63, 3.8) is 0 Å². The van der Waals surface area contributed by atoms with Crippen LogP contribution in [0, 0.1) is 0 Å². The SMILES string of the molecule is CCCOc1cccc(NC2C=CS(=O)(=O)C2)c1N. The van der Waals surface area contributed by atoms with E-state index >= 15 is 0 Å². The van der Waals surface area contributed by atoms with Crippen molar-refractivity contribution in [2.45, 2.75) is 19.4 Å². The molecule has 104 valence electrons. The maximum absolute atomic E-state index is 11.3. The Morgan fingerprint density at radius 3 is 2.89 bits per heavy atom. The summed E-state index contributed by atoms with van der Waals surface area (Å²) in [6.45, 7) is 2.62. The number of hydrogen-bond acceptors (Lipinski definition) is 5. The van der Waals surface area contributed by atoms with Crippen LogP contribution in [0.3, 0.4) is 0 Å². The number of nitrogen functional groups attached to an aromatic ring is 1. The van der Waals surface area contributed by atoms with Gasteiger partial charge in [0, 0.05) is 5.41 Å². The fourth-order valence-electron chi connectivity index (χ4n) is 1.87. The van der Waals surface area contributed by atoms with Crippen LogP contribution in [0.15, 0.2) is 29.7 Å². The van der Waals surface area contributed by atoms with Crippen molar-refractivity contribution in [1.82, 2.24) is 0 Å². The van der Waals surface area contributed by atoms with Crippen molar-refractivity contribution in [2.75, 3.05) is 23.4 Å². The van der Waals surface area contributed by atoms with E-state index in [0.717, 1.165) is 6.42 Å². The van der Waals surface area contributed by atoms with Crippen LogP contribution >= 0.6 is 0 Å². The van der Waals surface area contributed by atoms with E-state index in [1.165, 1.54) is 5.41 Å². The van der Waals surface area contributed by atoms with E-state index in [1.54, 1.807) is 12.1 Å². The third-order valence-electron chi connectivity index (χ3n) is 2.80. The summed E-state index contributed by atoms with van der Waals surface area (Å²) in [5.74, 6) is 0.684. The zero-order valence-electron chi connectivity index (χ0n) is 10.8. The molecule has 1 aromatic carbocycles. The average Bonchev–Trinajstić information content (AvgIpc) is 2.70. The third-order valence-corrected chi connectivity index (χ3v) is 4.19. The molecule has 3 N–H and O–H groups in total. The Morgan fingerprint density at radius 2 is 2.26 bits per heavy atom. The monoisotopic (exact) mass is 282 g/mol. The fourth-order valence-corrected chi connectivity index (χ4v) is 3.11. The van der Waals surface area contributed by atoms with Gasteiger partial charge in [0.2, 0.25) is 0 Å². The van der Waals surface area contributed by atoms with E-state index in [-0.39, 0.29) is 11.8 Å². The lowest BCUT2D eigenvalue weighted by Crippen LogP contribution is -2.21. The van der Waals surface area contributed by atoms with Gasteiger partial charge in [0.15, 0.2) is 9.84 Å². The van der Waals surface area contributed by atoms with Gasteiger partial charge in [0.1, 0.15) is 5.75 Å². The first-order valence-electron chi connectivity index (χ1n) is 6.20. The van der Waals surface area contributed by atoms with Crippen LogP contribution in [0.25, 0.3) is 0 Å². The summed E-state index contributed by atoms with van der Waals surface area (Å²) in [6.07, 6.45) is 2.54. The summed E-state index contributed by atoms with van der Waals surface area (Å²) >= 11 is 0. The van der Waals surface area contributed by atoms with Crippen LogP contribution in [0.1, 0.15) is 13.3 Å². The number of para-hydroxylation sites is 1. The Bertz CT molecular complexity index is 582. The fraction of sp³-hybridized carbons (Fsp3) is 0.385. The van der Waals surface area contributed by atoms with Crippen LogP contribution in [0.4, 0.5) is 11.4 Å². The number of benzene rings is 1. The van der Waals surface area contributed by atoms with E-state index in [4.69, 9.17) is 10.5 Å². The summed E-state index contributed by atoms with van der Waals surface area (Å²) in [5.41, 5.74) is 7.21. The van der Waals surface area contributed by atoms with Gasteiger partial charge in [0.25, 0.3) is 0 Å². The molecular weight excluding hydrogens is 264 g/mol. The molecule has 1 aromatic rings. The van der Waals surface area contributed by atoms with Gasteiger partial charge < -0.3 is 15.8 Å². The largest absolute Gasteiger partial charge is 0.491 e. The normalized spacial score (nSPS) is 20.4. The summed E-state index contributed by atoms with van der Waals surface area (Å²) in [4.78, 5) is 0. The molecule has 6 heteroatoms. The van der Waals surface area contributed by atoms with Crippen molar-refractivity contribution in [3.05, 3.63) is 29.7 Å².